The van der Waals surface area contributed by atoms with Gasteiger partial charge in [0.1, 0.15) is 17.9 Å². The van der Waals surface area contributed by atoms with Crippen molar-refractivity contribution in [1.29, 1.82) is 0 Å². The molecule has 1 aromatic carbocycles. The molecule has 0 aliphatic heterocycles. The molecular weight excluding hydrogens is 274 g/mol. The van der Waals surface area contributed by atoms with E-state index < -0.39 is 23.7 Å². The summed E-state index contributed by atoms with van der Waals surface area (Å²) in [6.07, 6.45) is 0.0323. The zero-order valence-electron chi connectivity index (χ0n) is 12.3. The number of carboxylic acids is 1. The number of carbonyl (C=O) groups excluding carboxylic acids is 2. The van der Waals surface area contributed by atoms with Gasteiger partial charge in [-0.05, 0) is 26.3 Å². The Morgan fingerprint density at radius 1 is 1.29 bits per heavy atom. The molecule has 6 nitrogen and oxygen atoms in total. The lowest BCUT2D eigenvalue weighted by atomic mass is 10.0. The number of ether oxygens (including phenoxy) is 1. The van der Waals surface area contributed by atoms with Gasteiger partial charge in [0.05, 0.1) is 0 Å². The SMILES string of the molecule is CC(C)(C)OC(=O)N[C@@H](Cc1ccc(C=O)cc1)C(=O)O. The van der Waals surface area contributed by atoms with Crippen LogP contribution in [-0.4, -0.2) is 35.1 Å². The predicted octanol–water partition coefficient (Wildman–Crippen LogP) is 2.02. The average Bonchev–Trinajstić information content (AvgIpc) is 2.36. The first-order valence-electron chi connectivity index (χ1n) is 6.47. The van der Waals surface area contributed by atoms with E-state index in [0.717, 1.165) is 0 Å². The highest BCUT2D eigenvalue weighted by molar-refractivity contribution is 5.80. The third kappa shape index (κ3) is 6.07. The molecule has 0 aliphatic carbocycles. The van der Waals surface area contributed by atoms with Crippen molar-refractivity contribution in [3.63, 3.8) is 0 Å². The fraction of sp³-hybridized carbons (Fsp3) is 0.400. The molecule has 1 amide bonds. The summed E-state index contributed by atoms with van der Waals surface area (Å²) in [5.74, 6) is -1.15. The Bertz CT molecular complexity index is 516. The largest absolute Gasteiger partial charge is 0.480 e. The molecule has 0 aromatic heterocycles. The monoisotopic (exact) mass is 293 g/mol. The quantitative estimate of drug-likeness (QED) is 0.810. The summed E-state index contributed by atoms with van der Waals surface area (Å²) in [4.78, 5) is 33.4. The zero-order chi connectivity index (χ0) is 16.0. The second-order valence-electron chi connectivity index (χ2n) is 5.60. The van der Waals surface area contributed by atoms with Crippen LogP contribution in [-0.2, 0) is 16.0 Å². The van der Waals surface area contributed by atoms with Crippen molar-refractivity contribution in [2.45, 2.75) is 38.8 Å². The van der Waals surface area contributed by atoms with E-state index in [4.69, 9.17) is 9.84 Å². The number of carbonyl (C=O) groups is 3. The van der Waals surface area contributed by atoms with E-state index in [1.54, 1.807) is 45.0 Å². The van der Waals surface area contributed by atoms with Crippen LogP contribution in [0.3, 0.4) is 0 Å². The maximum Gasteiger partial charge on any atom is 0.408 e. The molecule has 0 saturated carbocycles. The van der Waals surface area contributed by atoms with E-state index in [1.807, 2.05) is 0 Å². The zero-order valence-corrected chi connectivity index (χ0v) is 12.3. The maximum absolute atomic E-state index is 11.6. The van der Waals surface area contributed by atoms with Crippen molar-refractivity contribution in [2.24, 2.45) is 0 Å². The number of carboxylic acid groups (broad SMARTS) is 1. The van der Waals surface area contributed by atoms with E-state index in [0.29, 0.717) is 17.4 Å². The lowest BCUT2D eigenvalue weighted by Gasteiger charge is -2.22. The number of hydrogen-bond donors (Lipinski definition) is 2. The van der Waals surface area contributed by atoms with E-state index in [1.165, 1.54) is 0 Å². The number of alkyl carbamates (subject to hydrolysis) is 1. The molecule has 0 bridgehead atoms. The molecule has 21 heavy (non-hydrogen) atoms. The molecule has 0 aliphatic rings. The highest BCUT2D eigenvalue weighted by Gasteiger charge is 2.24. The molecule has 0 heterocycles. The molecular formula is C15H19NO5. The van der Waals surface area contributed by atoms with Crippen LogP contribution in [0.2, 0.25) is 0 Å². The van der Waals surface area contributed by atoms with Crippen LogP contribution in [0.15, 0.2) is 24.3 Å². The summed E-state index contributed by atoms with van der Waals surface area (Å²) >= 11 is 0. The molecule has 1 aromatic rings. The second kappa shape index (κ2) is 6.88. The molecule has 0 spiro atoms. The van der Waals surface area contributed by atoms with Crippen molar-refractivity contribution >= 4 is 18.3 Å². The van der Waals surface area contributed by atoms with Crippen molar-refractivity contribution in [3.8, 4) is 0 Å². The number of nitrogens with one attached hydrogen (secondary N) is 1. The van der Waals surface area contributed by atoms with Gasteiger partial charge in [0.25, 0.3) is 0 Å². The predicted molar refractivity (Wildman–Crippen MR) is 76.3 cm³/mol. The Hall–Kier alpha value is -2.37. The van der Waals surface area contributed by atoms with Gasteiger partial charge in [-0.25, -0.2) is 9.59 Å². The van der Waals surface area contributed by atoms with Crippen LogP contribution in [0.5, 0.6) is 0 Å². The Labute approximate surface area is 123 Å². The fourth-order valence-corrected chi connectivity index (χ4v) is 1.62. The number of rotatable bonds is 5. The Morgan fingerprint density at radius 2 is 1.86 bits per heavy atom. The highest BCUT2D eigenvalue weighted by Crippen LogP contribution is 2.09. The van der Waals surface area contributed by atoms with E-state index >= 15 is 0 Å². The smallest absolute Gasteiger partial charge is 0.408 e. The molecule has 0 radical (unpaired) electrons. The topological polar surface area (TPSA) is 92.7 Å². The number of amides is 1. The highest BCUT2D eigenvalue weighted by atomic mass is 16.6. The van der Waals surface area contributed by atoms with Gasteiger partial charge in [-0.15, -0.1) is 0 Å². The van der Waals surface area contributed by atoms with E-state index in [-0.39, 0.29) is 6.42 Å². The van der Waals surface area contributed by atoms with Crippen molar-refractivity contribution in [3.05, 3.63) is 35.4 Å². The maximum atomic E-state index is 11.6. The summed E-state index contributed by atoms with van der Waals surface area (Å²) in [7, 11) is 0. The van der Waals surface area contributed by atoms with Crippen LogP contribution in [0.4, 0.5) is 4.79 Å². The Kier molecular flexibility index (Phi) is 5.46. The van der Waals surface area contributed by atoms with Gasteiger partial charge in [0.2, 0.25) is 0 Å². The van der Waals surface area contributed by atoms with Gasteiger partial charge in [0, 0.05) is 12.0 Å². The second-order valence-corrected chi connectivity index (χ2v) is 5.60. The first-order chi connectivity index (χ1) is 9.71. The number of benzene rings is 1. The van der Waals surface area contributed by atoms with Crippen LogP contribution in [0.25, 0.3) is 0 Å². The van der Waals surface area contributed by atoms with Gasteiger partial charge < -0.3 is 15.2 Å². The molecule has 0 unspecified atom stereocenters. The van der Waals surface area contributed by atoms with Crippen molar-refractivity contribution < 1.29 is 24.2 Å². The van der Waals surface area contributed by atoms with E-state index in [2.05, 4.69) is 5.32 Å². The standard InChI is InChI=1S/C15H19NO5/c1-15(2,3)21-14(20)16-12(13(18)19)8-10-4-6-11(9-17)7-5-10/h4-7,9,12H,8H2,1-3H3,(H,16,20)(H,18,19)/t12-/m0/s1. The molecule has 0 saturated heterocycles. The van der Waals surface area contributed by atoms with E-state index in [9.17, 15) is 14.4 Å². The third-order valence-corrected chi connectivity index (χ3v) is 2.54. The number of hydrogen-bond acceptors (Lipinski definition) is 4. The fourth-order valence-electron chi connectivity index (χ4n) is 1.62. The first kappa shape index (κ1) is 16.7. The van der Waals surface area contributed by atoms with Crippen LogP contribution >= 0.6 is 0 Å². The minimum Gasteiger partial charge on any atom is -0.480 e. The van der Waals surface area contributed by atoms with Gasteiger partial charge in [-0.2, -0.15) is 0 Å². The lowest BCUT2D eigenvalue weighted by molar-refractivity contribution is -0.139. The van der Waals surface area contributed by atoms with Crippen LogP contribution in [0, 0.1) is 0 Å². The van der Waals surface area contributed by atoms with Crippen LogP contribution in [0.1, 0.15) is 36.7 Å². The molecule has 1 rings (SSSR count). The molecule has 1 atom stereocenters. The van der Waals surface area contributed by atoms with Gasteiger partial charge in [-0.3, -0.25) is 4.79 Å². The molecule has 114 valence electrons. The van der Waals surface area contributed by atoms with Crippen molar-refractivity contribution in [1.82, 2.24) is 5.32 Å². The third-order valence-electron chi connectivity index (χ3n) is 2.54. The van der Waals surface area contributed by atoms with Crippen LogP contribution < -0.4 is 5.32 Å². The summed E-state index contributed by atoms with van der Waals surface area (Å²) in [5, 5.41) is 11.5. The van der Waals surface area contributed by atoms with Crippen molar-refractivity contribution in [2.75, 3.05) is 0 Å². The first-order valence-corrected chi connectivity index (χ1v) is 6.47. The number of aliphatic carboxylic acids is 1. The molecule has 6 heteroatoms. The van der Waals surface area contributed by atoms with Gasteiger partial charge >= 0.3 is 12.1 Å². The Morgan fingerprint density at radius 3 is 2.29 bits per heavy atom. The summed E-state index contributed by atoms with van der Waals surface area (Å²) in [6.45, 7) is 5.08. The normalized spacial score (nSPS) is 12.3. The Balaban J connectivity index is 2.71. The van der Waals surface area contributed by atoms with Gasteiger partial charge in [0.15, 0.2) is 0 Å². The summed E-state index contributed by atoms with van der Waals surface area (Å²) in [5.41, 5.74) is 0.508. The molecule has 2 N–H and O–H groups in total. The number of aldehydes is 1. The van der Waals surface area contributed by atoms with Gasteiger partial charge in [-0.1, -0.05) is 24.3 Å². The lowest BCUT2D eigenvalue weighted by Crippen LogP contribution is -2.44. The molecule has 0 fully saturated rings. The minimum absolute atomic E-state index is 0.105. The minimum atomic E-state index is -1.15. The summed E-state index contributed by atoms with van der Waals surface area (Å²) < 4.78 is 5.03. The average molecular weight is 293 g/mol. The summed E-state index contributed by atoms with van der Waals surface area (Å²) in [6, 6.07) is 5.39.